The number of nitro groups is 1. The fourth-order valence-corrected chi connectivity index (χ4v) is 2.97. The summed E-state index contributed by atoms with van der Waals surface area (Å²) in [5.74, 6) is 0. The van der Waals surface area contributed by atoms with E-state index in [0.29, 0.717) is 0 Å². The van der Waals surface area contributed by atoms with Gasteiger partial charge in [0, 0.05) is 17.7 Å². The Morgan fingerprint density at radius 1 is 0.913 bits per heavy atom. The van der Waals surface area contributed by atoms with E-state index in [9.17, 15) is 10.1 Å². The van der Waals surface area contributed by atoms with E-state index in [-0.39, 0.29) is 10.6 Å². The predicted molar refractivity (Wildman–Crippen MR) is 96.4 cm³/mol. The Morgan fingerprint density at radius 3 is 1.96 bits per heavy atom. The first-order chi connectivity index (χ1) is 10.9. The van der Waals surface area contributed by atoms with Crippen molar-refractivity contribution in [1.82, 2.24) is 0 Å². The van der Waals surface area contributed by atoms with Gasteiger partial charge in [-0.15, -0.1) is 0 Å². The van der Waals surface area contributed by atoms with Gasteiger partial charge in [0.1, 0.15) is 6.54 Å². The van der Waals surface area contributed by atoms with Crippen LogP contribution in [0.1, 0.15) is 63.9 Å². The lowest BCUT2D eigenvalue weighted by atomic mass is 10.1. The molecule has 0 aliphatic rings. The summed E-state index contributed by atoms with van der Waals surface area (Å²) in [6.45, 7) is 4.34. The van der Waals surface area contributed by atoms with Crippen molar-refractivity contribution >= 4 is 5.69 Å². The van der Waals surface area contributed by atoms with E-state index >= 15 is 0 Å². The van der Waals surface area contributed by atoms with Crippen molar-refractivity contribution in [3.63, 3.8) is 0 Å². The van der Waals surface area contributed by atoms with Crippen LogP contribution in [0.3, 0.4) is 0 Å². The van der Waals surface area contributed by atoms with Crippen LogP contribution in [0.2, 0.25) is 0 Å². The van der Waals surface area contributed by atoms with Gasteiger partial charge in [-0.25, -0.2) is 0 Å². The molecule has 1 aromatic carbocycles. The largest absolute Gasteiger partial charge is 0.325 e. The minimum Gasteiger partial charge on any atom is -0.325 e. The highest BCUT2D eigenvalue weighted by molar-refractivity contribution is 5.32. The van der Waals surface area contributed by atoms with Crippen LogP contribution in [0.5, 0.6) is 0 Å². The molecule has 4 nitrogen and oxygen atoms in total. The Bertz CT molecular complexity index is 455. The number of hydrogen-bond donors (Lipinski definition) is 0. The summed E-state index contributed by atoms with van der Waals surface area (Å²) in [5, 5.41) is 10.7. The lowest BCUT2D eigenvalue weighted by molar-refractivity contribution is -0.903. The third kappa shape index (κ3) is 8.70. The SMILES string of the molecule is CCCCCCCCCC[N+](C)(C)Cc1ccc([N+](=O)[O-])cc1. The van der Waals surface area contributed by atoms with Crippen molar-refractivity contribution in [2.75, 3.05) is 20.6 Å². The average molecular weight is 321 g/mol. The second-order valence-electron chi connectivity index (χ2n) is 7.22. The molecule has 0 aromatic heterocycles. The Labute approximate surface area is 141 Å². The number of non-ortho nitro benzene ring substituents is 1. The Kier molecular flexibility index (Phi) is 8.85. The van der Waals surface area contributed by atoms with Gasteiger partial charge in [-0.05, 0) is 25.0 Å². The molecule has 0 spiro atoms. The Morgan fingerprint density at radius 2 is 1.43 bits per heavy atom. The monoisotopic (exact) mass is 321 g/mol. The van der Waals surface area contributed by atoms with Crippen LogP contribution >= 0.6 is 0 Å². The van der Waals surface area contributed by atoms with Crippen molar-refractivity contribution in [2.45, 2.75) is 64.8 Å². The maximum Gasteiger partial charge on any atom is 0.269 e. The first-order valence-electron chi connectivity index (χ1n) is 9.00. The minimum absolute atomic E-state index is 0.169. The van der Waals surface area contributed by atoms with Crippen LogP contribution < -0.4 is 0 Å². The summed E-state index contributed by atoms with van der Waals surface area (Å²) in [6.07, 6.45) is 10.7. The summed E-state index contributed by atoms with van der Waals surface area (Å²) in [5.41, 5.74) is 1.34. The lowest BCUT2D eigenvalue weighted by Crippen LogP contribution is -2.39. The van der Waals surface area contributed by atoms with Gasteiger partial charge < -0.3 is 4.48 Å². The normalized spacial score (nSPS) is 11.6. The number of quaternary nitrogens is 1. The number of unbranched alkanes of at least 4 members (excludes halogenated alkanes) is 7. The molecule has 0 aliphatic carbocycles. The van der Waals surface area contributed by atoms with Crippen LogP contribution in [-0.2, 0) is 6.54 Å². The molecule has 0 heterocycles. The fraction of sp³-hybridized carbons (Fsp3) is 0.684. The molecular formula is C19H33N2O2+. The van der Waals surface area contributed by atoms with E-state index in [4.69, 9.17) is 0 Å². The predicted octanol–water partition coefficient (Wildman–Crippen LogP) is 5.31. The van der Waals surface area contributed by atoms with Crippen LogP contribution in [0.15, 0.2) is 24.3 Å². The summed E-state index contributed by atoms with van der Waals surface area (Å²) in [6, 6.07) is 6.97. The highest BCUT2D eigenvalue weighted by Gasteiger charge is 2.16. The molecule has 0 fully saturated rings. The molecule has 1 aromatic rings. The highest BCUT2D eigenvalue weighted by Crippen LogP contribution is 2.16. The van der Waals surface area contributed by atoms with Crippen LogP contribution in [0, 0.1) is 10.1 Å². The van der Waals surface area contributed by atoms with Crippen LogP contribution in [0.4, 0.5) is 5.69 Å². The van der Waals surface area contributed by atoms with Gasteiger partial charge in [0.2, 0.25) is 0 Å². The smallest absolute Gasteiger partial charge is 0.269 e. The third-order valence-corrected chi connectivity index (χ3v) is 4.37. The maximum absolute atomic E-state index is 10.7. The number of hydrogen-bond acceptors (Lipinski definition) is 2. The zero-order valence-corrected chi connectivity index (χ0v) is 15.1. The average Bonchev–Trinajstić information content (AvgIpc) is 2.50. The van der Waals surface area contributed by atoms with Crippen LogP contribution in [-0.4, -0.2) is 30.0 Å². The van der Waals surface area contributed by atoms with Gasteiger partial charge in [-0.3, -0.25) is 10.1 Å². The van der Waals surface area contributed by atoms with E-state index in [2.05, 4.69) is 21.0 Å². The second-order valence-corrected chi connectivity index (χ2v) is 7.22. The molecule has 0 bridgehead atoms. The van der Waals surface area contributed by atoms with Gasteiger partial charge in [0.25, 0.3) is 5.69 Å². The zero-order chi connectivity index (χ0) is 17.1. The van der Waals surface area contributed by atoms with E-state index < -0.39 is 0 Å². The quantitative estimate of drug-likeness (QED) is 0.226. The molecule has 130 valence electrons. The maximum atomic E-state index is 10.7. The van der Waals surface area contributed by atoms with Crippen molar-refractivity contribution in [3.05, 3.63) is 39.9 Å². The Balaban J connectivity index is 2.23. The van der Waals surface area contributed by atoms with Gasteiger partial charge in [-0.2, -0.15) is 0 Å². The molecule has 0 atom stereocenters. The van der Waals surface area contributed by atoms with E-state index in [0.717, 1.165) is 17.6 Å². The standard InChI is InChI=1S/C19H33N2O2/c1-4-5-6-7-8-9-10-11-16-21(2,3)17-18-12-14-19(15-13-18)20(22)23/h12-15H,4-11,16-17H2,1-3H3/q+1. The number of rotatable bonds is 12. The molecule has 23 heavy (non-hydrogen) atoms. The zero-order valence-electron chi connectivity index (χ0n) is 15.1. The highest BCUT2D eigenvalue weighted by atomic mass is 16.6. The van der Waals surface area contributed by atoms with E-state index in [1.807, 2.05) is 12.1 Å². The van der Waals surface area contributed by atoms with Crippen LogP contribution in [0.25, 0.3) is 0 Å². The third-order valence-electron chi connectivity index (χ3n) is 4.37. The van der Waals surface area contributed by atoms with Crippen molar-refractivity contribution in [3.8, 4) is 0 Å². The van der Waals surface area contributed by atoms with Gasteiger partial charge in [-0.1, -0.05) is 45.4 Å². The molecule has 0 saturated heterocycles. The lowest BCUT2D eigenvalue weighted by Gasteiger charge is -2.30. The number of nitrogens with zero attached hydrogens (tertiary/aromatic N) is 2. The molecule has 0 amide bonds. The number of nitro benzene ring substituents is 1. The van der Waals surface area contributed by atoms with Crippen molar-refractivity contribution < 1.29 is 9.41 Å². The topological polar surface area (TPSA) is 43.1 Å². The van der Waals surface area contributed by atoms with E-state index in [1.54, 1.807) is 12.1 Å². The first kappa shape index (κ1) is 19.6. The molecular weight excluding hydrogens is 288 g/mol. The van der Waals surface area contributed by atoms with Gasteiger partial charge >= 0.3 is 0 Å². The molecule has 0 N–H and O–H groups in total. The van der Waals surface area contributed by atoms with Crippen molar-refractivity contribution in [1.29, 1.82) is 0 Å². The summed E-state index contributed by atoms with van der Waals surface area (Å²) >= 11 is 0. The Hall–Kier alpha value is -1.42. The summed E-state index contributed by atoms with van der Waals surface area (Å²) in [7, 11) is 4.48. The summed E-state index contributed by atoms with van der Waals surface area (Å²) < 4.78 is 0.938. The molecule has 0 saturated carbocycles. The van der Waals surface area contributed by atoms with E-state index in [1.165, 1.54) is 56.9 Å². The number of benzene rings is 1. The molecule has 4 heteroatoms. The molecule has 0 unspecified atom stereocenters. The van der Waals surface area contributed by atoms with Crippen molar-refractivity contribution in [2.24, 2.45) is 0 Å². The van der Waals surface area contributed by atoms with Gasteiger partial charge in [0.05, 0.1) is 25.6 Å². The first-order valence-corrected chi connectivity index (χ1v) is 9.00. The minimum atomic E-state index is -0.343. The molecule has 0 radical (unpaired) electrons. The fourth-order valence-electron chi connectivity index (χ4n) is 2.97. The second kappa shape index (κ2) is 10.4. The molecule has 0 aliphatic heterocycles. The summed E-state index contributed by atoms with van der Waals surface area (Å²) in [4.78, 5) is 10.3. The van der Waals surface area contributed by atoms with Gasteiger partial charge in [0.15, 0.2) is 0 Å². The molecule has 1 rings (SSSR count).